The van der Waals surface area contributed by atoms with Crippen LogP contribution in [0.5, 0.6) is 5.75 Å². The molecule has 1 heterocycles. The zero-order valence-electron chi connectivity index (χ0n) is 28.1. The summed E-state index contributed by atoms with van der Waals surface area (Å²) in [6, 6.07) is 8.93. The monoisotopic (exact) mass is 664 g/mol. The number of nitrogens with zero attached hydrogens (tertiary/aromatic N) is 1. The van der Waals surface area contributed by atoms with Crippen LogP contribution in [0.1, 0.15) is 81.1 Å². The van der Waals surface area contributed by atoms with E-state index in [0.29, 0.717) is 18.8 Å². The van der Waals surface area contributed by atoms with Crippen LogP contribution in [0, 0.1) is 45.3 Å². The Labute approximate surface area is 271 Å². The van der Waals surface area contributed by atoms with E-state index in [4.69, 9.17) is 18.5 Å². The number of hydrogen-bond donors (Lipinski definition) is 3. The molecule has 0 radical (unpaired) electrons. The van der Waals surface area contributed by atoms with Gasteiger partial charge in [-0.3, -0.25) is 18.9 Å². The molecule has 256 valence electrons. The number of hydrogen-bond acceptors (Lipinski definition) is 9. The number of para-hydroxylation sites is 1. The van der Waals surface area contributed by atoms with E-state index in [2.05, 4.69) is 25.9 Å². The molecular formula is C33H49N2O10P. The molecule has 0 amide bonds. The van der Waals surface area contributed by atoms with E-state index in [1.54, 1.807) is 18.2 Å². The average Bonchev–Trinajstić information content (AvgIpc) is 3.38. The van der Waals surface area contributed by atoms with Crippen LogP contribution in [0.15, 0.2) is 30.3 Å². The molecule has 0 aromatic heterocycles. The molecule has 3 rings (SSSR count). The van der Waals surface area contributed by atoms with Crippen LogP contribution in [0.25, 0.3) is 0 Å². The van der Waals surface area contributed by atoms with Crippen molar-refractivity contribution in [3.05, 3.63) is 30.3 Å². The summed E-state index contributed by atoms with van der Waals surface area (Å²) in [6.07, 6.45) is 2.99. The summed E-state index contributed by atoms with van der Waals surface area (Å²) in [5.41, 5.74) is -5.00. The van der Waals surface area contributed by atoms with E-state index < -0.39 is 66.6 Å². The van der Waals surface area contributed by atoms with Gasteiger partial charge in [0.15, 0.2) is 5.60 Å². The normalized spacial score (nSPS) is 27.5. The van der Waals surface area contributed by atoms with Gasteiger partial charge in [-0.2, -0.15) is 10.3 Å². The average molecular weight is 665 g/mol. The summed E-state index contributed by atoms with van der Waals surface area (Å²) < 4.78 is 37.5. The maximum atomic E-state index is 14.3. The molecule has 0 spiro atoms. The fourth-order valence-corrected chi connectivity index (χ4v) is 8.03. The zero-order valence-corrected chi connectivity index (χ0v) is 29.0. The molecule has 3 unspecified atom stereocenters. The summed E-state index contributed by atoms with van der Waals surface area (Å²) >= 11 is 0. The fourth-order valence-electron chi connectivity index (χ4n) is 6.51. The molecule has 1 saturated heterocycles. The number of nitrogens with one attached hydrogen (secondary N) is 1. The smallest absolute Gasteiger partial charge is 0.459 e. The highest BCUT2D eigenvalue weighted by molar-refractivity contribution is 7.52. The first-order valence-electron chi connectivity index (χ1n) is 15.7. The van der Waals surface area contributed by atoms with Crippen molar-refractivity contribution in [2.45, 2.75) is 98.8 Å². The van der Waals surface area contributed by atoms with Crippen molar-refractivity contribution < 1.29 is 47.7 Å². The van der Waals surface area contributed by atoms with Gasteiger partial charge in [0.05, 0.1) is 17.4 Å². The maximum absolute atomic E-state index is 14.3. The minimum Gasteiger partial charge on any atom is -0.481 e. The Balaban J connectivity index is 1.86. The van der Waals surface area contributed by atoms with Crippen LogP contribution in [-0.2, 0) is 32.9 Å². The second kappa shape index (κ2) is 14.0. The van der Waals surface area contributed by atoms with Crippen LogP contribution in [-0.4, -0.2) is 59.1 Å². The SMILES string of the molecule is C[C@H](N[P@](=O)(OCC1(C#N)OCC(C(C)(C)C(=O)O)C1C(C)(C)C(=O)O)Oc1ccccc1)C(=O)OC1CCC(C(C)(C)C)CC1. The molecular weight excluding hydrogens is 615 g/mol. The number of aliphatic carboxylic acids is 2. The third-order valence-electron chi connectivity index (χ3n) is 9.73. The van der Waals surface area contributed by atoms with Gasteiger partial charge in [0.2, 0.25) is 0 Å². The predicted molar refractivity (Wildman–Crippen MR) is 169 cm³/mol. The quantitative estimate of drug-likeness (QED) is 0.164. The van der Waals surface area contributed by atoms with E-state index in [1.807, 2.05) is 6.07 Å². The number of benzene rings is 1. The van der Waals surface area contributed by atoms with Crippen molar-refractivity contribution in [1.82, 2.24) is 5.09 Å². The number of carbonyl (C=O) groups is 3. The van der Waals surface area contributed by atoms with Gasteiger partial charge in [-0.15, -0.1) is 0 Å². The molecule has 2 fully saturated rings. The highest BCUT2D eigenvalue weighted by Gasteiger charge is 2.64. The van der Waals surface area contributed by atoms with Gasteiger partial charge in [0.1, 0.15) is 30.6 Å². The van der Waals surface area contributed by atoms with Gasteiger partial charge in [0.25, 0.3) is 0 Å². The molecule has 1 saturated carbocycles. The van der Waals surface area contributed by atoms with Crippen molar-refractivity contribution in [3.63, 3.8) is 0 Å². The Hall–Kier alpha value is -2.97. The first kappa shape index (κ1) is 37.5. The highest BCUT2D eigenvalue weighted by Crippen LogP contribution is 2.55. The Kier molecular flexibility index (Phi) is 11.4. The Bertz CT molecular complexity index is 1340. The maximum Gasteiger partial charge on any atom is 0.459 e. The lowest BCUT2D eigenvalue weighted by atomic mass is 9.59. The number of ether oxygens (including phenoxy) is 2. The van der Waals surface area contributed by atoms with Crippen molar-refractivity contribution >= 4 is 25.7 Å². The van der Waals surface area contributed by atoms with Gasteiger partial charge in [-0.25, -0.2) is 4.57 Å². The summed E-state index contributed by atoms with van der Waals surface area (Å²) in [6.45, 7) is 12.7. The van der Waals surface area contributed by atoms with E-state index in [0.717, 1.165) is 12.8 Å². The number of esters is 1. The number of carboxylic acids is 2. The number of nitriles is 1. The second-order valence-electron chi connectivity index (χ2n) is 14.8. The molecule has 2 aliphatic rings. The minimum atomic E-state index is -4.47. The van der Waals surface area contributed by atoms with Gasteiger partial charge >= 0.3 is 25.7 Å². The van der Waals surface area contributed by atoms with E-state index in [9.17, 15) is 34.4 Å². The van der Waals surface area contributed by atoms with Gasteiger partial charge in [-0.05, 0) is 83.8 Å². The predicted octanol–water partition coefficient (Wildman–Crippen LogP) is 6.06. The number of rotatable bonds is 13. The van der Waals surface area contributed by atoms with Crippen LogP contribution in [0.2, 0.25) is 0 Å². The molecule has 12 nitrogen and oxygen atoms in total. The first-order valence-corrected chi connectivity index (χ1v) is 17.2. The summed E-state index contributed by atoms with van der Waals surface area (Å²) in [4.78, 5) is 37.8. The number of carbonyl (C=O) groups excluding carboxylic acids is 1. The van der Waals surface area contributed by atoms with Crippen molar-refractivity contribution in [2.75, 3.05) is 13.2 Å². The molecule has 3 N–H and O–H groups in total. The molecule has 1 aliphatic heterocycles. The van der Waals surface area contributed by atoms with Gasteiger partial charge in [-0.1, -0.05) is 39.0 Å². The highest BCUT2D eigenvalue weighted by atomic mass is 31.2. The third kappa shape index (κ3) is 8.29. The Morgan fingerprint density at radius 1 is 1.02 bits per heavy atom. The zero-order chi connectivity index (χ0) is 34.7. The lowest BCUT2D eigenvalue weighted by Gasteiger charge is -2.42. The fraction of sp³-hybridized carbons (Fsp3) is 0.697. The summed E-state index contributed by atoms with van der Waals surface area (Å²) in [7, 11) is -4.47. The second-order valence-corrected chi connectivity index (χ2v) is 16.4. The van der Waals surface area contributed by atoms with Crippen LogP contribution in [0.3, 0.4) is 0 Å². The molecule has 1 aromatic carbocycles. The number of carboxylic acid groups (broad SMARTS) is 2. The molecule has 5 atom stereocenters. The molecule has 1 aliphatic carbocycles. The third-order valence-corrected chi connectivity index (χ3v) is 11.3. The lowest BCUT2D eigenvalue weighted by molar-refractivity contribution is -0.161. The van der Waals surface area contributed by atoms with Crippen LogP contribution >= 0.6 is 7.75 Å². The van der Waals surface area contributed by atoms with Crippen molar-refractivity contribution in [3.8, 4) is 11.8 Å². The molecule has 13 heteroatoms. The summed E-state index contributed by atoms with van der Waals surface area (Å²) in [5, 5.41) is 33.2. The topological polar surface area (TPSA) is 181 Å². The van der Waals surface area contributed by atoms with Crippen molar-refractivity contribution in [1.29, 1.82) is 5.26 Å². The largest absolute Gasteiger partial charge is 0.481 e. The minimum absolute atomic E-state index is 0.144. The molecule has 0 bridgehead atoms. The standard InChI is InChI=1S/C33H49N2O10P/c1-21(27(36)44-23-16-14-22(15-17-23)30(2,3)4)35-46(41,45-24-12-10-9-11-13-24)43-20-33(19-34)26(32(7,8)29(39)40)25(18-42-33)31(5,6)28(37)38/h9-13,21-23,25-26H,14-18,20H2,1-8H3,(H,35,41)(H,37,38)(H,39,40)/t21-,22?,23?,25?,26?,33?,46-/m0/s1. The van der Waals surface area contributed by atoms with Crippen LogP contribution in [0.4, 0.5) is 0 Å². The molecule has 1 aromatic rings. The van der Waals surface area contributed by atoms with E-state index in [1.165, 1.54) is 46.8 Å². The van der Waals surface area contributed by atoms with Gasteiger partial charge in [0, 0.05) is 11.8 Å². The molecule has 46 heavy (non-hydrogen) atoms. The first-order chi connectivity index (χ1) is 21.2. The van der Waals surface area contributed by atoms with Crippen LogP contribution < -0.4 is 9.61 Å². The van der Waals surface area contributed by atoms with E-state index >= 15 is 0 Å². The Morgan fingerprint density at radius 3 is 2.09 bits per heavy atom. The van der Waals surface area contributed by atoms with E-state index in [-0.39, 0.29) is 23.9 Å². The van der Waals surface area contributed by atoms with Crippen molar-refractivity contribution in [2.24, 2.45) is 34.0 Å². The summed E-state index contributed by atoms with van der Waals surface area (Å²) in [5.74, 6) is -4.59. The van der Waals surface area contributed by atoms with Gasteiger partial charge < -0.3 is 24.2 Å². The lowest BCUT2D eigenvalue weighted by Crippen LogP contribution is -2.53. The Morgan fingerprint density at radius 2 is 1.59 bits per heavy atom.